The van der Waals surface area contributed by atoms with E-state index in [1.54, 1.807) is 12.1 Å². The SMILES string of the molecule is CCCCOc1ccc(C(=O)N2CCN(C(C#N)c3ccccc3)CC2)cc1OCC. The molecule has 0 aliphatic carbocycles. The van der Waals surface area contributed by atoms with Crippen molar-refractivity contribution in [1.29, 1.82) is 5.26 Å². The minimum absolute atomic E-state index is 0.0195. The second-order valence-corrected chi connectivity index (χ2v) is 7.57. The van der Waals surface area contributed by atoms with Crippen molar-refractivity contribution in [1.82, 2.24) is 9.80 Å². The lowest BCUT2D eigenvalue weighted by Crippen LogP contribution is -2.49. The van der Waals surface area contributed by atoms with E-state index in [1.807, 2.05) is 48.2 Å². The average Bonchev–Trinajstić information content (AvgIpc) is 2.81. The molecule has 2 aromatic carbocycles. The molecule has 0 N–H and O–H groups in total. The Bertz CT molecular complexity index is 887. The van der Waals surface area contributed by atoms with Gasteiger partial charge in [-0.3, -0.25) is 9.69 Å². The first kappa shape index (κ1) is 22.6. The van der Waals surface area contributed by atoms with Gasteiger partial charge >= 0.3 is 0 Å². The number of carbonyl (C=O) groups is 1. The third-order valence-corrected chi connectivity index (χ3v) is 5.45. The number of hydrogen-bond donors (Lipinski definition) is 0. The smallest absolute Gasteiger partial charge is 0.254 e. The first-order valence-corrected chi connectivity index (χ1v) is 11.1. The molecule has 6 nitrogen and oxygen atoms in total. The first-order valence-electron chi connectivity index (χ1n) is 11.1. The monoisotopic (exact) mass is 421 g/mol. The van der Waals surface area contributed by atoms with E-state index in [9.17, 15) is 10.1 Å². The number of benzene rings is 2. The quantitative estimate of drug-likeness (QED) is 0.565. The summed E-state index contributed by atoms with van der Waals surface area (Å²) in [5.41, 5.74) is 1.59. The van der Waals surface area contributed by atoms with Gasteiger partial charge in [0.25, 0.3) is 5.91 Å². The fourth-order valence-electron chi connectivity index (χ4n) is 3.72. The predicted octanol–water partition coefficient (Wildman–Crippen LogP) is 4.29. The number of hydrogen-bond acceptors (Lipinski definition) is 5. The number of rotatable bonds is 9. The summed E-state index contributed by atoms with van der Waals surface area (Å²) in [6, 6.07) is 17.3. The van der Waals surface area contributed by atoms with Gasteiger partial charge in [0, 0.05) is 31.7 Å². The summed E-state index contributed by atoms with van der Waals surface area (Å²) in [6.45, 7) is 7.67. The van der Waals surface area contributed by atoms with Crippen LogP contribution in [0.5, 0.6) is 11.5 Å². The second kappa shape index (κ2) is 11.4. The van der Waals surface area contributed by atoms with E-state index >= 15 is 0 Å². The number of unbranched alkanes of at least 4 members (excludes halogenated alkanes) is 1. The molecular weight excluding hydrogens is 390 g/mol. The molecule has 1 atom stereocenters. The van der Waals surface area contributed by atoms with Crippen LogP contribution in [0.2, 0.25) is 0 Å². The summed E-state index contributed by atoms with van der Waals surface area (Å²) in [6.07, 6.45) is 2.03. The van der Waals surface area contributed by atoms with Gasteiger partial charge in [0.1, 0.15) is 6.04 Å². The highest BCUT2D eigenvalue weighted by atomic mass is 16.5. The molecule has 0 aromatic heterocycles. The van der Waals surface area contributed by atoms with Crippen molar-refractivity contribution < 1.29 is 14.3 Å². The molecule has 6 heteroatoms. The molecule has 1 heterocycles. The number of piperazine rings is 1. The van der Waals surface area contributed by atoms with Gasteiger partial charge in [-0.1, -0.05) is 43.7 Å². The fraction of sp³-hybridized carbons (Fsp3) is 0.440. The molecule has 3 rings (SSSR count). The molecule has 0 spiro atoms. The van der Waals surface area contributed by atoms with Crippen LogP contribution in [0.25, 0.3) is 0 Å². The maximum atomic E-state index is 13.1. The molecule has 31 heavy (non-hydrogen) atoms. The minimum atomic E-state index is -0.289. The van der Waals surface area contributed by atoms with Gasteiger partial charge < -0.3 is 14.4 Å². The molecule has 1 unspecified atom stereocenters. The van der Waals surface area contributed by atoms with Crippen LogP contribution in [0.4, 0.5) is 0 Å². The van der Waals surface area contributed by atoms with E-state index in [4.69, 9.17) is 9.47 Å². The number of nitrogens with zero attached hydrogens (tertiary/aromatic N) is 3. The Kier molecular flexibility index (Phi) is 8.31. The van der Waals surface area contributed by atoms with Crippen molar-refractivity contribution in [3.05, 3.63) is 59.7 Å². The molecule has 1 fully saturated rings. The Morgan fingerprint density at radius 3 is 2.42 bits per heavy atom. The zero-order valence-corrected chi connectivity index (χ0v) is 18.4. The van der Waals surface area contributed by atoms with E-state index < -0.39 is 0 Å². The lowest BCUT2D eigenvalue weighted by molar-refractivity contribution is 0.0606. The van der Waals surface area contributed by atoms with Gasteiger partial charge in [-0.2, -0.15) is 5.26 Å². The molecule has 0 saturated carbocycles. The maximum Gasteiger partial charge on any atom is 0.254 e. The third kappa shape index (κ3) is 5.77. The van der Waals surface area contributed by atoms with E-state index in [0.29, 0.717) is 56.5 Å². The van der Waals surface area contributed by atoms with Crippen LogP contribution in [-0.4, -0.2) is 55.1 Å². The highest BCUT2D eigenvalue weighted by molar-refractivity contribution is 5.95. The van der Waals surface area contributed by atoms with Gasteiger partial charge in [0.15, 0.2) is 11.5 Å². The number of carbonyl (C=O) groups excluding carboxylic acids is 1. The maximum absolute atomic E-state index is 13.1. The molecule has 1 amide bonds. The van der Waals surface area contributed by atoms with Crippen LogP contribution in [0.3, 0.4) is 0 Å². The second-order valence-electron chi connectivity index (χ2n) is 7.57. The summed E-state index contributed by atoms with van der Waals surface area (Å²) in [5, 5.41) is 9.67. The van der Waals surface area contributed by atoms with Crippen LogP contribution in [0, 0.1) is 11.3 Å². The molecule has 1 aliphatic rings. The first-order chi connectivity index (χ1) is 15.2. The third-order valence-electron chi connectivity index (χ3n) is 5.45. The fourth-order valence-corrected chi connectivity index (χ4v) is 3.72. The van der Waals surface area contributed by atoms with Gasteiger partial charge in [0.2, 0.25) is 0 Å². The normalized spacial score (nSPS) is 15.2. The molecule has 1 saturated heterocycles. The lowest BCUT2D eigenvalue weighted by atomic mass is 10.1. The summed E-state index contributed by atoms with van der Waals surface area (Å²) in [7, 11) is 0. The van der Waals surface area contributed by atoms with E-state index in [1.165, 1.54) is 0 Å². The van der Waals surface area contributed by atoms with Crippen molar-refractivity contribution in [2.45, 2.75) is 32.7 Å². The zero-order chi connectivity index (χ0) is 22.1. The Morgan fingerprint density at radius 2 is 1.77 bits per heavy atom. The highest BCUT2D eigenvalue weighted by Gasteiger charge is 2.27. The number of amides is 1. The van der Waals surface area contributed by atoms with Crippen LogP contribution >= 0.6 is 0 Å². The van der Waals surface area contributed by atoms with Crippen LogP contribution in [-0.2, 0) is 0 Å². The summed E-state index contributed by atoms with van der Waals surface area (Å²) in [4.78, 5) is 17.1. The predicted molar refractivity (Wildman–Crippen MR) is 120 cm³/mol. The number of ether oxygens (including phenoxy) is 2. The van der Waals surface area contributed by atoms with Crippen LogP contribution < -0.4 is 9.47 Å². The summed E-state index contributed by atoms with van der Waals surface area (Å²) < 4.78 is 11.5. The van der Waals surface area contributed by atoms with Crippen molar-refractivity contribution in [3.63, 3.8) is 0 Å². The van der Waals surface area contributed by atoms with E-state index in [-0.39, 0.29) is 11.9 Å². The topological polar surface area (TPSA) is 65.8 Å². The van der Waals surface area contributed by atoms with E-state index in [0.717, 1.165) is 18.4 Å². The molecule has 164 valence electrons. The standard InChI is InChI=1S/C25H31N3O3/c1-3-5-17-31-23-12-11-21(18-24(23)30-4-2)25(29)28-15-13-27(14-16-28)22(19-26)20-9-7-6-8-10-20/h6-12,18,22H,3-5,13-17H2,1-2H3. The Labute approximate surface area is 185 Å². The Morgan fingerprint density at radius 1 is 1.03 bits per heavy atom. The molecule has 2 aromatic rings. The van der Waals surface area contributed by atoms with Gasteiger partial charge in [-0.05, 0) is 37.1 Å². The average molecular weight is 422 g/mol. The van der Waals surface area contributed by atoms with E-state index in [2.05, 4.69) is 17.9 Å². The molecule has 1 aliphatic heterocycles. The van der Waals surface area contributed by atoms with Crippen molar-refractivity contribution in [3.8, 4) is 17.6 Å². The van der Waals surface area contributed by atoms with Crippen molar-refractivity contribution in [2.24, 2.45) is 0 Å². The Hall–Kier alpha value is -3.04. The van der Waals surface area contributed by atoms with Crippen molar-refractivity contribution >= 4 is 5.91 Å². The van der Waals surface area contributed by atoms with Gasteiger partial charge in [-0.15, -0.1) is 0 Å². The summed E-state index contributed by atoms with van der Waals surface area (Å²) >= 11 is 0. The van der Waals surface area contributed by atoms with Crippen LogP contribution in [0.1, 0.15) is 48.7 Å². The molecule has 0 bridgehead atoms. The number of nitriles is 1. The Balaban J connectivity index is 1.64. The lowest BCUT2D eigenvalue weighted by Gasteiger charge is -2.37. The van der Waals surface area contributed by atoms with Crippen LogP contribution in [0.15, 0.2) is 48.5 Å². The van der Waals surface area contributed by atoms with Crippen molar-refractivity contribution in [2.75, 3.05) is 39.4 Å². The molecular formula is C25H31N3O3. The van der Waals surface area contributed by atoms with Gasteiger partial charge in [0.05, 0.1) is 19.3 Å². The molecule has 0 radical (unpaired) electrons. The zero-order valence-electron chi connectivity index (χ0n) is 18.4. The highest BCUT2D eigenvalue weighted by Crippen LogP contribution is 2.30. The van der Waals surface area contributed by atoms with Gasteiger partial charge in [-0.25, -0.2) is 0 Å². The summed E-state index contributed by atoms with van der Waals surface area (Å²) in [5.74, 6) is 1.27. The largest absolute Gasteiger partial charge is 0.490 e. The minimum Gasteiger partial charge on any atom is -0.490 e.